The summed E-state index contributed by atoms with van der Waals surface area (Å²) in [6.07, 6.45) is 2.63. The molecule has 1 aromatic heterocycles. The maximum atomic E-state index is 12.8. The molecule has 22 heavy (non-hydrogen) atoms. The van der Waals surface area contributed by atoms with Crippen LogP contribution in [0.15, 0.2) is 6.20 Å². The zero-order chi connectivity index (χ0) is 16.3. The maximum Gasteiger partial charge on any atom is 0.407 e. The topological polar surface area (TPSA) is 87.3 Å². The molecular formula is C14H21ClN4O3. The minimum Gasteiger partial charge on any atom is -0.453 e. The van der Waals surface area contributed by atoms with Crippen molar-refractivity contribution in [1.29, 1.82) is 0 Å². The lowest BCUT2D eigenvalue weighted by Crippen LogP contribution is -2.51. The Morgan fingerprint density at radius 3 is 2.82 bits per heavy atom. The van der Waals surface area contributed by atoms with Crippen LogP contribution < -0.4 is 5.32 Å². The molecule has 122 valence electrons. The van der Waals surface area contributed by atoms with Crippen molar-refractivity contribution in [3.05, 3.63) is 17.2 Å². The maximum absolute atomic E-state index is 12.8. The van der Waals surface area contributed by atoms with Crippen molar-refractivity contribution in [1.82, 2.24) is 20.2 Å². The van der Waals surface area contributed by atoms with Gasteiger partial charge in [0.25, 0.3) is 0 Å². The molecule has 0 aliphatic carbocycles. The number of H-pyrrole nitrogens is 1. The molecule has 0 bridgehead atoms. The monoisotopic (exact) mass is 328 g/mol. The number of imidazole rings is 1. The summed E-state index contributed by atoms with van der Waals surface area (Å²) in [5.41, 5.74) is 0. The van der Waals surface area contributed by atoms with E-state index in [-0.39, 0.29) is 17.9 Å². The molecule has 8 heteroatoms. The lowest BCUT2D eigenvalue weighted by atomic mass is 10.0. The average molecular weight is 329 g/mol. The molecule has 2 atom stereocenters. The Labute approximate surface area is 134 Å². The predicted octanol–water partition coefficient (Wildman–Crippen LogP) is 2.11. The first kappa shape index (κ1) is 16.6. The second kappa shape index (κ2) is 7.00. The van der Waals surface area contributed by atoms with Crippen LogP contribution in [-0.4, -0.2) is 46.6 Å². The van der Waals surface area contributed by atoms with Crippen molar-refractivity contribution in [2.24, 2.45) is 5.92 Å². The number of hydrogen-bond donors (Lipinski definition) is 2. The third-order valence-electron chi connectivity index (χ3n) is 3.81. The van der Waals surface area contributed by atoms with E-state index in [1.165, 1.54) is 13.3 Å². The number of rotatable bonds is 4. The molecule has 0 aromatic carbocycles. The first-order valence-electron chi connectivity index (χ1n) is 7.29. The number of carbonyl (C=O) groups is 2. The molecule has 1 saturated heterocycles. The van der Waals surface area contributed by atoms with Crippen molar-refractivity contribution in [3.63, 3.8) is 0 Å². The van der Waals surface area contributed by atoms with Crippen LogP contribution >= 0.6 is 11.6 Å². The van der Waals surface area contributed by atoms with E-state index >= 15 is 0 Å². The number of ether oxygens (including phenoxy) is 1. The highest BCUT2D eigenvalue weighted by Gasteiger charge is 2.37. The molecule has 0 saturated carbocycles. The van der Waals surface area contributed by atoms with Crippen LogP contribution in [-0.2, 0) is 9.53 Å². The summed E-state index contributed by atoms with van der Waals surface area (Å²) >= 11 is 5.87. The normalized spacial score (nSPS) is 19.3. The van der Waals surface area contributed by atoms with Gasteiger partial charge in [0.15, 0.2) is 0 Å². The van der Waals surface area contributed by atoms with Crippen LogP contribution in [0.2, 0.25) is 5.15 Å². The Kier molecular flexibility index (Phi) is 5.28. The summed E-state index contributed by atoms with van der Waals surface area (Å²) in [5.74, 6) is 0.500. The summed E-state index contributed by atoms with van der Waals surface area (Å²) in [6, 6.07) is -0.765. The number of amides is 2. The number of nitrogens with one attached hydrogen (secondary N) is 2. The van der Waals surface area contributed by atoms with Crippen LogP contribution in [0.3, 0.4) is 0 Å². The highest BCUT2D eigenvalue weighted by molar-refractivity contribution is 6.29. The van der Waals surface area contributed by atoms with Crippen molar-refractivity contribution < 1.29 is 14.3 Å². The van der Waals surface area contributed by atoms with Crippen molar-refractivity contribution in [2.75, 3.05) is 13.7 Å². The van der Waals surface area contributed by atoms with E-state index in [0.717, 1.165) is 12.8 Å². The third kappa shape index (κ3) is 3.52. The highest BCUT2D eigenvalue weighted by atomic mass is 35.5. The fourth-order valence-corrected chi connectivity index (χ4v) is 2.82. The van der Waals surface area contributed by atoms with Gasteiger partial charge in [0.05, 0.1) is 19.3 Å². The third-order valence-corrected chi connectivity index (χ3v) is 4.00. The molecular weight excluding hydrogens is 308 g/mol. The summed E-state index contributed by atoms with van der Waals surface area (Å²) < 4.78 is 4.60. The van der Waals surface area contributed by atoms with Crippen LogP contribution in [0.4, 0.5) is 4.79 Å². The number of aromatic amines is 1. The number of alkyl carbamates (subject to hydrolysis) is 1. The molecule has 0 spiro atoms. The second-order valence-electron chi connectivity index (χ2n) is 5.66. The quantitative estimate of drug-likeness (QED) is 0.886. The zero-order valence-corrected chi connectivity index (χ0v) is 13.7. The van der Waals surface area contributed by atoms with Gasteiger partial charge in [-0.3, -0.25) is 4.79 Å². The van der Waals surface area contributed by atoms with E-state index in [4.69, 9.17) is 11.6 Å². The number of halogens is 1. The molecule has 7 nitrogen and oxygen atoms in total. The Bertz CT molecular complexity index is 546. The van der Waals surface area contributed by atoms with Crippen LogP contribution in [0, 0.1) is 5.92 Å². The van der Waals surface area contributed by atoms with E-state index in [1.54, 1.807) is 4.90 Å². The van der Waals surface area contributed by atoms with E-state index in [2.05, 4.69) is 20.0 Å². The largest absolute Gasteiger partial charge is 0.453 e. The molecule has 2 heterocycles. The molecule has 2 rings (SSSR count). The smallest absolute Gasteiger partial charge is 0.407 e. The van der Waals surface area contributed by atoms with Gasteiger partial charge in [-0.15, -0.1) is 0 Å². The van der Waals surface area contributed by atoms with Gasteiger partial charge in [-0.1, -0.05) is 25.4 Å². The standard InChI is InChI=1S/C14H21ClN4O3/c1-8(2)11(18-14(21)22-3)13(20)19-6-4-5-9(19)12-16-7-10(15)17-12/h7-9,11H,4-6H2,1-3H3,(H,16,17)(H,18,21)/t9-,11-/m0/s1. The molecule has 0 radical (unpaired) electrons. The number of carbonyl (C=O) groups excluding carboxylic acids is 2. The molecule has 0 unspecified atom stereocenters. The van der Waals surface area contributed by atoms with Gasteiger partial charge in [0, 0.05) is 6.54 Å². The highest BCUT2D eigenvalue weighted by Crippen LogP contribution is 2.31. The summed E-state index contributed by atoms with van der Waals surface area (Å²) in [4.78, 5) is 33.2. The van der Waals surface area contributed by atoms with Gasteiger partial charge in [-0.25, -0.2) is 9.78 Å². The fourth-order valence-electron chi connectivity index (χ4n) is 2.68. The van der Waals surface area contributed by atoms with Gasteiger partial charge >= 0.3 is 6.09 Å². The minimum absolute atomic E-state index is 0.0481. The number of likely N-dealkylation sites (tertiary alicyclic amines) is 1. The van der Waals surface area contributed by atoms with Gasteiger partial charge < -0.3 is 19.9 Å². The Morgan fingerprint density at radius 2 is 2.27 bits per heavy atom. The lowest BCUT2D eigenvalue weighted by Gasteiger charge is -2.29. The van der Waals surface area contributed by atoms with Crippen molar-refractivity contribution >= 4 is 23.6 Å². The fraction of sp³-hybridized carbons (Fsp3) is 0.643. The molecule has 1 fully saturated rings. The summed E-state index contributed by atoms with van der Waals surface area (Å²) in [7, 11) is 1.28. The summed E-state index contributed by atoms with van der Waals surface area (Å²) in [5, 5.41) is 3.06. The van der Waals surface area contributed by atoms with Gasteiger partial charge in [0.2, 0.25) is 5.91 Å². The lowest BCUT2D eigenvalue weighted by molar-refractivity contribution is -0.135. The number of nitrogens with zero attached hydrogens (tertiary/aromatic N) is 2. The van der Waals surface area contributed by atoms with Gasteiger partial charge in [-0.2, -0.15) is 0 Å². The first-order chi connectivity index (χ1) is 10.4. The number of hydrogen-bond acceptors (Lipinski definition) is 4. The predicted molar refractivity (Wildman–Crippen MR) is 81.5 cm³/mol. The number of methoxy groups -OCH3 is 1. The Balaban J connectivity index is 2.16. The Hall–Kier alpha value is -1.76. The molecule has 2 amide bonds. The van der Waals surface area contributed by atoms with Crippen LogP contribution in [0.5, 0.6) is 0 Å². The summed E-state index contributed by atoms with van der Waals surface area (Å²) in [6.45, 7) is 4.40. The van der Waals surface area contributed by atoms with E-state index in [9.17, 15) is 9.59 Å². The zero-order valence-electron chi connectivity index (χ0n) is 12.9. The van der Waals surface area contributed by atoms with E-state index in [1.807, 2.05) is 13.8 Å². The first-order valence-corrected chi connectivity index (χ1v) is 7.67. The molecule has 2 N–H and O–H groups in total. The SMILES string of the molecule is COC(=O)N[C@H](C(=O)N1CCC[C@H]1c1ncc(Cl)[nH]1)C(C)C. The van der Waals surface area contributed by atoms with Crippen LogP contribution in [0.25, 0.3) is 0 Å². The number of aromatic nitrogens is 2. The minimum atomic E-state index is -0.626. The van der Waals surface area contributed by atoms with Crippen molar-refractivity contribution in [3.8, 4) is 0 Å². The van der Waals surface area contributed by atoms with E-state index < -0.39 is 12.1 Å². The van der Waals surface area contributed by atoms with Crippen molar-refractivity contribution in [2.45, 2.75) is 38.8 Å². The van der Waals surface area contributed by atoms with E-state index in [0.29, 0.717) is 17.5 Å². The molecule has 1 aliphatic heterocycles. The Morgan fingerprint density at radius 1 is 1.55 bits per heavy atom. The van der Waals surface area contributed by atoms with Gasteiger partial charge in [0.1, 0.15) is 17.0 Å². The average Bonchev–Trinajstić information content (AvgIpc) is 3.11. The van der Waals surface area contributed by atoms with Crippen LogP contribution in [0.1, 0.15) is 38.6 Å². The molecule has 1 aliphatic rings. The van der Waals surface area contributed by atoms with Gasteiger partial charge in [-0.05, 0) is 18.8 Å². The molecule has 1 aromatic rings. The second-order valence-corrected chi connectivity index (χ2v) is 6.07.